The lowest BCUT2D eigenvalue weighted by Gasteiger charge is -2.32. The van der Waals surface area contributed by atoms with Gasteiger partial charge >= 0.3 is 0 Å². The van der Waals surface area contributed by atoms with Crippen LogP contribution in [0.25, 0.3) is 0 Å². The van der Waals surface area contributed by atoms with E-state index in [1.54, 1.807) is 31.4 Å². The van der Waals surface area contributed by atoms with Gasteiger partial charge in [0.2, 0.25) is 15.9 Å². The van der Waals surface area contributed by atoms with Crippen LogP contribution < -0.4 is 10.1 Å². The Morgan fingerprint density at radius 3 is 2.33 bits per heavy atom. The summed E-state index contributed by atoms with van der Waals surface area (Å²) in [4.78, 5) is 12.9. The van der Waals surface area contributed by atoms with Crippen LogP contribution in [0.1, 0.15) is 38.5 Å². The molecule has 1 N–H and O–H groups in total. The Morgan fingerprint density at radius 1 is 1.07 bits per heavy atom. The van der Waals surface area contributed by atoms with E-state index in [1.807, 2.05) is 0 Å². The van der Waals surface area contributed by atoms with E-state index < -0.39 is 10.0 Å². The van der Waals surface area contributed by atoms with Gasteiger partial charge in [0.25, 0.3) is 0 Å². The van der Waals surface area contributed by atoms with Crippen LogP contribution in [0.15, 0.2) is 29.2 Å². The van der Waals surface area contributed by atoms with Crippen molar-refractivity contribution in [2.24, 2.45) is 17.8 Å². The molecule has 3 fully saturated rings. The van der Waals surface area contributed by atoms with Crippen molar-refractivity contribution in [3.05, 3.63) is 24.3 Å². The zero-order valence-corrected chi connectivity index (χ0v) is 16.6. The number of nitrogens with zero attached hydrogens (tertiary/aromatic N) is 1. The maximum absolute atomic E-state index is 12.8. The van der Waals surface area contributed by atoms with Gasteiger partial charge in [-0.2, -0.15) is 4.31 Å². The van der Waals surface area contributed by atoms with Crippen LogP contribution in [0, 0.1) is 17.8 Å². The molecule has 1 aromatic rings. The van der Waals surface area contributed by atoms with Crippen molar-refractivity contribution in [2.75, 3.05) is 20.2 Å². The minimum absolute atomic E-state index is 0.0774. The highest BCUT2D eigenvalue weighted by molar-refractivity contribution is 7.89. The van der Waals surface area contributed by atoms with Crippen molar-refractivity contribution in [2.45, 2.75) is 49.5 Å². The number of benzene rings is 1. The second-order valence-corrected chi connectivity index (χ2v) is 10.1. The normalized spacial score (nSPS) is 29.0. The van der Waals surface area contributed by atoms with Gasteiger partial charge in [0, 0.05) is 25.0 Å². The van der Waals surface area contributed by atoms with Crippen LogP contribution in [-0.4, -0.2) is 44.9 Å². The first-order chi connectivity index (χ1) is 13.0. The molecule has 0 unspecified atom stereocenters. The molecule has 1 aromatic carbocycles. The molecule has 2 saturated carbocycles. The van der Waals surface area contributed by atoms with Crippen LogP contribution >= 0.6 is 0 Å². The summed E-state index contributed by atoms with van der Waals surface area (Å²) in [5.41, 5.74) is 0. The highest BCUT2D eigenvalue weighted by Crippen LogP contribution is 2.44. The Balaban J connectivity index is 1.33. The van der Waals surface area contributed by atoms with E-state index in [9.17, 15) is 13.2 Å². The average molecular weight is 393 g/mol. The molecule has 7 heteroatoms. The number of nitrogens with one attached hydrogen (secondary N) is 1. The molecule has 2 bridgehead atoms. The first-order valence-corrected chi connectivity index (χ1v) is 11.4. The van der Waals surface area contributed by atoms with Crippen LogP contribution in [-0.2, 0) is 14.8 Å². The minimum Gasteiger partial charge on any atom is -0.497 e. The zero-order valence-electron chi connectivity index (χ0n) is 15.8. The van der Waals surface area contributed by atoms with Crippen molar-refractivity contribution in [1.82, 2.24) is 9.62 Å². The summed E-state index contributed by atoms with van der Waals surface area (Å²) in [7, 11) is -1.97. The molecule has 1 aliphatic heterocycles. The minimum atomic E-state index is -3.52. The predicted octanol–water partition coefficient (Wildman–Crippen LogP) is 2.40. The summed E-state index contributed by atoms with van der Waals surface area (Å²) in [5, 5.41) is 3.26. The summed E-state index contributed by atoms with van der Waals surface area (Å²) in [6.07, 6.45) is 6.13. The fourth-order valence-electron chi connectivity index (χ4n) is 4.98. The highest BCUT2D eigenvalue weighted by Gasteiger charge is 2.41. The number of methoxy groups -OCH3 is 1. The molecule has 6 nitrogen and oxygen atoms in total. The fourth-order valence-corrected chi connectivity index (χ4v) is 6.45. The lowest BCUT2D eigenvalue weighted by atomic mass is 9.93. The number of piperidine rings is 1. The molecule has 148 valence electrons. The lowest BCUT2D eigenvalue weighted by Crippen LogP contribution is -2.46. The Morgan fingerprint density at radius 2 is 1.78 bits per heavy atom. The Kier molecular flexibility index (Phi) is 5.16. The van der Waals surface area contributed by atoms with E-state index >= 15 is 0 Å². The third kappa shape index (κ3) is 3.72. The third-order valence-corrected chi connectivity index (χ3v) is 8.50. The molecule has 0 aromatic heterocycles. The maximum Gasteiger partial charge on any atom is 0.243 e. The van der Waals surface area contributed by atoms with Crippen molar-refractivity contribution < 1.29 is 17.9 Å². The molecular formula is C20H28N2O4S. The highest BCUT2D eigenvalue weighted by atomic mass is 32.2. The third-order valence-electron chi connectivity index (χ3n) is 6.59. The quantitative estimate of drug-likeness (QED) is 0.835. The molecule has 2 aliphatic carbocycles. The van der Waals surface area contributed by atoms with Crippen LogP contribution in [0.5, 0.6) is 5.75 Å². The molecule has 3 atom stereocenters. The first-order valence-electron chi connectivity index (χ1n) is 9.92. The summed E-state index contributed by atoms with van der Waals surface area (Å²) < 4.78 is 32.2. The molecule has 1 heterocycles. The van der Waals surface area contributed by atoms with Gasteiger partial charge in [-0.1, -0.05) is 6.42 Å². The maximum atomic E-state index is 12.8. The van der Waals surface area contributed by atoms with E-state index in [4.69, 9.17) is 4.74 Å². The van der Waals surface area contributed by atoms with Crippen molar-refractivity contribution in [3.63, 3.8) is 0 Å². The second kappa shape index (κ2) is 7.43. The molecule has 1 amide bonds. The number of hydrogen-bond donors (Lipinski definition) is 1. The van der Waals surface area contributed by atoms with Gasteiger partial charge in [0.1, 0.15) is 5.75 Å². The fraction of sp³-hybridized carbons (Fsp3) is 0.650. The largest absolute Gasteiger partial charge is 0.497 e. The zero-order chi connectivity index (χ0) is 19.0. The smallest absolute Gasteiger partial charge is 0.243 e. The van der Waals surface area contributed by atoms with Crippen LogP contribution in [0.2, 0.25) is 0 Å². The standard InChI is InChI=1S/C20H28N2O4S/c1-26-17-4-6-18(7-5-17)27(24,25)22-10-8-15(9-11-22)20(23)21-19-13-14-2-3-16(19)12-14/h4-7,14-16,19H,2-3,8-13H2,1H3,(H,21,23)/t14-,16+,19-/m0/s1. The summed E-state index contributed by atoms with van der Waals surface area (Å²) in [5.74, 6) is 2.14. The van der Waals surface area contributed by atoms with Gasteiger partial charge in [-0.15, -0.1) is 0 Å². The first kappa shape index (κ1) is 18.7. The molecule has 4 rings (SSSR count). The number of rotatable bonds is 5. The summed E-state index contributed by atoms with van der Waals surface area (Å²) >= 11 is 0. The van der Waals surface area contributed by atoms with Crippen LogP contribution in [0.3, 0.4) is 0 Å². The number of hydrogen-bond acceptors (Lipinski definition) is 4. The van der Waals surface area contributed by atoms with Gasteiger partial charge in [-0.25, -0.2) is 8.42 Å². The molecule has 0 radical (unpaired) electrons. The lowest BCUT2D eigenvalue weighted by molar-refractivity contribution is -0.127. The van der Waals surface area contributed by atoms with Gasteiger partial charge in [-0.3, -0.25) is 4.79 Å². The molecule has 3 aliphatic rings. The van der Waals surface area contributed by atoms with Gasteiger partial charge in [0.15, 0.2) is 0 Å². The Labute approximate surface area is 161 Å². The van der Waals surface area contributed by atoms with E-state index in [0.717, 1.165) is 12.3 Å². The number of sulfonamides is 1. The molecular weight excluding hydrogens is 364 g/mol. The van der Waals surface area contributed by atoms with Crippen molar-refractivity contribution >= 4 is 15.9 Å². The second-order valence-electron chi connectivity index (χ2n) is 8.14. The van der Waals surface area contributed by atoms with Crippen molar-refractivity contribution in [1.29, 1.82) is 0 Å². The Hall–Kier alpha value is -1.60. The number of amides is 1. The number of fused-ring (bicyclic) bond motifs is 2. The topological polar surface area (TPSA) is 75.7 Å². The van der Waals surface area contributed by atoms with Gasteiger partial charge < -0.3 is 10.1 Å². The number of carbonyl (C=O) groups excluding carboxylic acids is 1. The summed E-state index contributed by atoms with van der Waals surface area (Å²) in [6, 6.07) is 6.80. The van der Waals surface area contributed by atoms with Gasteiger partial charge in [-0.05, 0) is 68.2 Å². The van der Waals surface area contributed by atoms with Gasteiger partial charge in [0.05, 0.1) is 12.0 Å². The molecule has 27 heavy (non-hydrogen) atoms. The number of ether oxygens (including phenoxy) is 1. The molecule has 0 spiro atoms. The van der Waals surface area contributed by atoms with E-state index in [1.165, 1.54) is 23.6 Å². The molecule has 1 saturated heterocycles. The summed E-state index contributed by atoms with van der Waals surface area (Å²) in [6.45, 7) is 0.784. The van der Waals surface area contributed by atoms with E-state index in [2.05, 4.69) is 5.32 Å². The number of carbonyl (C=O) groups is 1. The predicted molar refractivity (Wildman–Crippen MR) is 102 cm³/mol. The van der Waals surface area contributed by atoms with E-state index in [0.29, 0.717) is 43.6 Å². The monoisotopic (exact) mass is 392 g/mol. The Bertz CT molecular complexity index is 785. The SMILES string of the molecule is COc1ccc(S(=O)(=O)N2CCC(C(=O)N[C@H]3C[C@H]4CC[C@@H]3C4)CC2)cc1. The van der Waals surface area contributed by atoms with Crippen molar-refractivity contribution in [3.8, 4) is 5.75 Å². The average Bonchev–Trinajstić information content (AvgIpc) is 3.31. The van der Waals surface area contributed by atoms with Crippen LogP contribution in [0.4, 0.5) is 0 Å². The van der Waals surface area contributed by atoms with E-state index in [-0.39, 0.29) is 16.7 Å².